The van der Waals surface area contributed by atoms with Crippen LogP contribution in [-0.4, -0.2) is 29.1 Å². The van der Waals surface area contributed by atoms with Gasteiger partial charge < -0.3 is 9.72 Å². The number of hydrogen-bond acceptors (Lipinski definition) is 5. The summed E-state index contributed by atoms with van der Waals surface area (Å²) in [6.45, 7) is 8.54. The maximum Gasteiger partial charge on any atom is 0.348 e. The van der Waals surface area contributed by atoms with Crippen molar-refractivity contribution in [3.8, 4) is 0 Å². The smallest absolute Gasteiger partial charge is 0.348 e. The highest BCUT2D eigenvalue weighted by Crippen LogP contribution is 2.23. The molecule has 0 unspecified atom stereocenters. The van der Waals surface area contributed by atoms with E-state index in [0.717, 1.165) is 16.9 Å². The summed E-state index contributed by atoms with van der Waals surface area (Å²) in [6, 6.07) is 1.79. The lowest BCUT2D eigenvalue weighted by Crippen LogP contribution is -2.15. The number of thiophene rings is 1. The zero-order valence-electron chi connectivity index (χ0n) is 14.5. The Bertz CT molecular complexity index is 813. The maximum absolute atomic E-state index is 12.3. The fraction of sp³-hybridized carbons (Fsp3) is 0.389. The van der Waals surface area contributed by atoms with Crippen molar-refractivity contribution in [2.45, 2.75) is 41.0 Å². The van der Waals surface area contributed by atoms with E-state index in [1.54, 1.807) is 19.9 Å². The van der Waals surface area contributed by atoms with Gasteiger partial charge in [0.1, 0.15) is 4.88 Å². The molecule has 0 bridgehead atoms. The zero-order chi connectivity index (χ0) is 18.0. The van der Waals surface area contributed by atoms with E-state index in [9.17, 15) is 14.4 Å². The Hall–Kier alpha value is -2.21. The number of carbonyl (C=O) groups excluding carboxylic acids is 3. The maximum atomic E-state index is 12.3. The predicted octanol–water partition coefficient (Wildman–Crippen LogP) is 3.81. The van der Waals surface area contributed by atoms with Gasteiger partial charge in [0.05, 0.1) is 5.69 Å². The molecule has 0 spiro atoms. The molecule has 24 heavy (non-hydrogen) atoms. The van der Waals surface area contributed by atoms with Crippen molar-refractivity contribution in [1.29, 1.82) is 0 Å². The van der Waals surface area contributed by atoms with Crippen molar-refractivity contribution in [3.63, 3.8) is 0 Å². The second-order valence-electron chi connectivity index (χ2n) is 5.75. The molecule has 0 saturated heterocycles. The second-order valence-corrected chi connectivity index (χ2v) is 6.89. The predicted molar refractivity (Wildman–Crippen MR) is 93.3 cm³/mol. The number of ether oxygens (including phenoxy) is 1. The molecule has 0 fully saturated rings. The van der Waals surface area contributed by atoms with Gasteiger partial charge in [0.2, 0.25) is 5.78 Å². The number of carbonyl (C=O) groups is 3. The third-order valence-corrected chi connectivity index (χ3v) is 5.31. The van der Waals surface area contributed by atoms with E-state index >= 15 is 0 Å². The van der Waals surface area contributed by atoms with Crippen LogP contribution in [0.2, 0.25) is 0 Å². The Morgan fingerprint density at radius 2 is 1.88 bits per heavy atom. The molecular weight excluding hydrogens is 326 g/mol. The number of aryl methyl sites for hydroxylation is 3. The number of ketones is 2. The first-order valence-electron chi connectivity index (χ1n) is 7.75. The van der Waals surface area contributed by atoms with E-state index in [1.165, 1.54) is 18.3 Å². The molecule has 1 N–H and O–H groups in total. The third kappa shape index (κ3) is 3.48. The summed E-state index contributed by atoms with van der Waals surface area (Å²) in [5.74, 6) is -0.942. The Morgan fingerprint density at radius 1 is 1.21 bits per heavy atom. The number of hydrogen-bond donors (Lipinski definition) is 1. The van der Waals surface area contributed by atoms with Gasteiger partial charge in [0, 0.05) is 16.1 Å². The highest BCUT2D eigenvalue weighted by atomic mass is 32.1. The first-order valence-corrected chi connectivity index (χ1v) is 8.57. The van der Waals surface area contributed by atoms with E-state index in [0.29, 0.717) is 27.4 Å². The number of esters is 1. The lowest BCUT2D eigenvalue weighted by Gasteiger charge is -2.03. The number of aromatic amines is 1. The van der Waals surface area contributed by atoms with Crippen LogP contribution in [0.1, 0.15) is 66.1 Å². The van der Waals surface area contributed by atoms with Crippen molar-refractivity contribution in [1.82, 2.24) is 4.98 Å². The van der Waals surface area contributed by atoms with Crippen molar-refractivity contribution in [2.24, 2.45) is 0 Å². The third-order valence-electron chi connectivity index (χ3n) is 3.95. The molecule has 2 rings (SSSR count). The second kappa shape index (κ2) is 7.13. The summed E-state index contributed by atoms with van der Waals surface area (Å²) in [6.07, 6.45) is 0.859. The summed E-state index contributed by atoms with van der Waals surface area (Å²) in [4.78, 5) is 40.6. The van der Waals surface area contributed by atoms with Crippen LogP contribution in [0.25, 0.3) is 0 Å². The van der Waals surface area contributed by atoms with Gasteiger partial charge in [-0.15, -0.1) is 11.3 Å². The molecule has 0 amide bonds. The van der Waals surface area contributed by atoms with E-state index in [1.807, 2.05) is 13.8 Å². The largest absolute Gasteiger partial charge is 0.453 e. The number of nitrogens with one attached hydrogen (secondary N) is 1. The number of rotatable bonds is 6. The fourth-order valence-corrected chi connectivity index (χ4v) is 3.81. The average molecular weight is 347 g/mol. The van der Waals surface area contributed by atoms with Gasteiger partial charge in [-0.1, -0.05) is 6.92 Å². The van der Waals surface area contributed by atoms with Crippen molar-refractivity contribution in [2.75, 3.05) is 6.61 Å². The van der Waals surface area contributed by atoms with Crippen molar-refractivity contribution in [3.05, 3.63) is 43.9 Å². The first kappa shape index (κ1) is 18.1. The van der Waals surface area contributed by atoms with Gasteiger partial charge in [-0.05, 0) is 51.3 Å². The molecule has 2 heterocycles. The molecule has 0 saturated carbocycles. The number of Topliss-reactive ketones (excluding diaryl/α,β-unsaturated/α-hetero) is 2. The number of aromatic nitrogens is 1. The summed E-state index contributed by atoms with van der Waals surface area (Å²) in [5.41, 5.74) is 3.15. The van der Waals surface area contributed by atoms with Gasteiger partial charge in [-0.25, -0.2) is 4.79 Å². The molecule has 128 valence electrons. The Morgan fingerprint density at radius 3 is 2.38 bits per heavy atom. The fourth-order valence-electron chi connectivity index (χ4n) is 2.80. The molecule has 6 heteroatoms. The van der Waals surface area contributed by atoms with Crippen molar-refractivity contribution < 1.29 is 19.1 Å². The SMILES string of the molecule is CCc1sc(C(=O)OCC(=O)c2[nH]c(C)c(C(C)=O)c2C)cc1C. The molecule has 5 nitrogen and oxygen atoms in total. The van der Waals surface area contributed by atoms with Gasteiger partial charge >= 0.3 is 5.97 Å². The van der Waals surface area contributed by atoms with Crippen LogP contribution in [0.3, 0.4) is 0 Å². The summed E-state index contributed by atoms with van der Waals surface area (Å²) in [5, 5.41) is 0. The van der Waals surface area contributed by atoms with Gasteiger partial charge in [0.25, 0.3) is 0 Å². The summed E-state index contributed by atoms with van der Waals surface area (Å²) in [7, 11) is 0. The van der Waals surface area contributed by atoms with Crippen LogP contribution in [0, 0.1) is 20.8 Å². The monoisotopic (exact) mass is 347 g/mol. The molecule has 2 aromatic rings. The standard InChI is InChI=1S/C18H21NO4S/c1-6-14-9(2)7-15(24-14)18(22)23-8-13(21)17-10(3)16(12(5)20)11(4)19-17/h7,19H,6,8H2,1-5H3. The molecule has 0 radical (unpaired) electrons. The van der Waals surface area contributed by atoms with E-state index in [4.69, 9.17) is 4.74 Å². The minimum Gasteiger partial charge on any atom is -0.453 e. The van der Waals surface area contributed by atoms with Crippen LogP contribution in [-0.2, 0) is 11.2 Å². The van der Waals surface area contributed by atoms with Gasteiger partial charge in [-0.3, -0.25) is 9.59 Å². The van der Waals surface area contributed by atoms with Crippen LogP contribution in [0.4, 0.5) is 0 Å². The van der Waals surface area contributed by atoms with Gasteiger partial charge in [0.15, 0.2) is 12.4 Å². The Labute approximate surface area is 145 Å². The molecule has 0 atom stereocenters. The Balaban J connectivity index is 2.09. The highest BCUT2D eigenvalue weighted by Gasteiger charge is 2.21. The topological polar surface area (TPSA) is 76.2 Å². The first-order chi connectivity index (χ1) is 11.3. The highest BCUT2D eigenvalue weighted by molar-refractivity contribution is 7.14. The summed E-state index contributed by atoms with van der Waals surface area (Å²) < 4.78 is 5.14. The zero-order valence-corrected chi connectivity index (χ0v) is 15.3. The van der Waals surface area contributed by atoms with E-state index < -0.39 is 5.97 Å². The Kier molecular flexibility index (Phi) is 5.39. The van der Waals surface area contributed by atoms with E-state index in [-0.39, 0.29) is 18.2 Å². The quantitative estimate of drug-likeness (QED) is 0.637. The van der Waals surface area contributed by atoms with Crippen LogP contribution < -0.4 is 0 Å². The lowest BCUT2D eigenvalue weighted by atomic mass is 10.1. The molecular formula is C18H21NO4S. The van der Waals surface area contributed by atoms with Crippen LogP contribution >= 0.6 is 11.3 Å². The molecule has 0 aromatic carbocycles. The molecule has 2 aromatic heterocycles. The van der Waals surface area contributed by atoms with Gasteiger partial charge in [-0.2, -0.15) is 0 Å². The molecule has 0 aliphatic heterocycles. The minimum absolute atomic E-state index is 0.0987. The lowest BCUT2D eigenvalue weighted by molar-refractivity contribution is 0.0478. The van der Waals surface area contributed by atoms with Crippen LogP contribution in [0.5, 0.6) is 0 Å². The van der Waals surface area contributed by atoms with Crippen molar-refractivity contribution >= 4 is 28.9 Å². The normalized spacial score (nSPS) is 10.7. The summed E-state index contributed by atoms with van der Waals surface area (Å²) >= 11 is 1.39. The molecule has 0 aliphatic carbocycles. The average Bonchev–Trinajstić information content (AvgIpc) is 3.04. The molecule has 0 aliphatic rings. The van der Waals surface area contributed by atoms with Crippen LogP contribution in [0.15, 0.2) is 6.07 Å². The number of H-pyrrole nitrogens is 1. The minimum atomic E-state index is -0.496. The van der Waals surface area contributed by atoms with E-state index in [2.05, 4.69) is 4.98 Å².